The molecule has 3 rings (SSSR count). The summed E-state index contributed by atoms with van der Waals surface area (Å²) in [5.74, 6) is 0.0799. The fourth-order valence-corrected chi connectivity index (χ4v) is 4.11. The molecule has 1 unspecified atom stereocenters. The van der Waals surface area contributed by atoms with Crippen molar-refractivity contribution in [3.63, 3.8) is 0 Å². The fraction of sp³-hybridized carbons (Fsp3) is 0.222. The van der Waals surface area contributed by atoms with Crippen LogP contribution in [0.2, 0.25) is 10.0 Å². The number of hydrogen-bond donors (Lipinski definition) is 2. The minimum Gasteiger partial charge on any atom is -0.488 e. The van der Waals surface area contributed by atoms with Crippen LogP contribution in [0.3, 0.4) is 0 Å². The molecule has 0 saturated carbocycles. The van der Waals surface area contributed by atoms with Crippen molar-refractivity contribution >= 4 is 57.2 Å². The molecule has 0 heterocycles. The minimum absolute atomic E-state index is 0.185. The molecule has 9 heteroatoms. The normalized spacial score (nSPS) is 11.9. The number of nitrogens with one attached hydrogen (secondary N) is 2. The van der Waals surface area contributed by atoms with Gasteiger partial charge in [-0.05, 0) is 82.4 Å². The van der Waals surface area contributed by atoms with Gasteiger partial charge in [0.2, 0.25) is 0 Å². The molecule has 0 aromatic heterocycles. The highest BCUT2D eigenvalue weighted by Crippen LogP contribution is 2.27. The van der Waals surface area contributed by atoms with E-state index in [1.165, 1.54) is 6.21 Å². The zero-order chi connectivity index (χ0) is 26.1. The van der Waals surface area contributed by atoms with E-state index in [1.54, 1.807) is 30.3 Å². The van der Waals surface area contributed by atoms with Gasteiger partial charge in [0, 0.05) is 21.2 Å². The van der Waals surface area contributed by atoms with E-state index in [-0.39, 0.29) is 11.8 Å². The molecule has 1 atom stereocenters. The van der Waals surface area contributed by atoms with E-state index in [0.717, 1.165) is 15.6 Å². The Labute approximate surface area is 229 Å². The molecule has 3 aromatic carbocycles. The van der Waals surface area contributed by atoms with Gasteiger partial charge in [-0.15, -0.1) is 0 Å². The van der Waals surface area contributed by atoms with Crippen molar-refractivity contribution in [1.29, 1.82) is 0 Å². The van der Waals surface area contributed by atoms with E-state index >= 15 is 0 Å². The minimum atomic E-state index is -0.738. The van der Waals surface area contributed by atoms with Gasteiger partial charge in [0.25, 0.3) is 11.8 Å². The Hall–Kier alpha value is -2.87. The summed E-state index contributed by atoms with van der Waals surface area (Å²) in [6.45, 7) is 4.29. The second-order valence-electron chi connectivity index (χ2n) is 8.47. The number of nitrogens with zero attached hydrogens (tertiary/aromatic N) is 1. The Morgan fingerprint density at radius 2 is 1.78 bits per heavy atom. The van der Waals surface area contributed by atoms with Gasteiger partial charge in [-0.1, -0.05) is 55.2 Å². The molecule has 0 aliphatic rings. The number of carbonyl (C=O) groups excluding carboxylic acids is 2. The van der Waals surface area contributed by atoms with Crippen LogP contribution in [0.15, 0.2) is 76.3 Å². The number of hydrogen-bond acceptors (Lipinski definition) is 4. The largest absolute Gasteiger partial charge is 0.488 e. The third-order valence-corrected chi connectivity index (χ3v) is 6.36. The average molecular weight is 591 g/mol. The number of rotatable bonds is 10. The van der Waals surface area contributed by atoms with Gasteiger partial charge in [0.05, 0.1) is 10.7 Å². The molecule has 36 heavy (non-hydrogen) atoms. The highest BCUT2D eigenvalue weighted by molar-refractivity contribution is 9.10. The van der Waals surface area contributed by atoms with Crippen molar-refractivity contribution in [1.82, 2.24) is 10.7 Å². The number of amides is 2. The van der Waals surface area contributed by atoms with E-state index in [0.29, 0.717) is 34.4 Å². The lowest BCUT2D eigenvalue weighted by Crippen LogP contribution is -2.46. The summed E-state index contributed by atoms with van der Waals surface area (Å²) >= 11 is 15.6. The summed E-state index contributed by atoms with van der Waals surface area (Å²) in [7, 11) is 0. The van der Waals surface area contributed by atoms with Gasteiger partial charge in [-0.3, -0.25) is 9.59 Å². The first-order valence-electron chi connectivity index (χ1n) is 11.3. The van der Waals surface area contributed by atoms with E-state index in [2.05, 4.69) is 31.8 Å². The molecule has 3 aromatic rings. The maximum atomic E-state index is 12.8. The molecular weight excluding hydrogens is 565 g/mol. The molecule has 0 aliphatic heterocycles. The first-order valence-corrected chi connectivity index (χ1v) is 12.8. The molecule has 2 amide bonds. The average Bonchev–Trinajstić information content (AvgIpc) is 2.84. The Kier molecular flexibility index (Phi) is 10.3. The van der Waals surface area contributed by atoms with Gasteiger partial charge in [-0.2, -0.15) is 5.10 Å². The summed E-state index contributed by atoms with van der Waals surface area (Å²) in [5, 5.41) is 8.02. The zero-order valence-corrected chi connectivity index (χ0v) is 22.9. The van der Waals surface area contributed by atoms with Crippen LogP contribution in [0.5, 0.6) is 5.75 Å². The van der Waals surface area contributed by atoms with Crippen LogP contribution in [-0.4, -0.2) is 24.1 Å². The highest BCUT2D eigenvalue weighted by Gasteiger charge is 2.22. The van der Waals surface area contributed by atoms with E-state index in [9.17, 15) is 9.59 Å². The van der Waals surface area contributed by atoms with Crippen LogP contribution >= 0.6 is 39.1 Å². The fourth-order valence-electron chi connectivity index (χ4n) is 3.28. The molecule has 0 saturated heterocycles. The number of benzene rings is 3. The standard InChI is InChI=1S/C27H26BrCl2N3O3/c1-17(2)13-24(32-26(34)19-8-10-21(29)11-9-19)27(35)33-31-15-18-7-12-25(22(28)14-18)36-16-20-5-3-4-6-23(20)30/h3-12,14-15,17,24H,13,16H2,1-2H3,(H,32,34)(H,33,35). The Morgan fingerprint density at radius 3 is 2.44 bits per heavy atom. The SMILES string of the molecule is CC(C)CC(NC(=O)c1ccc(Cl)cc1)C(=O)NN=Cc1ccc(OCc2ccccc2Cl)c(Br)c1. The lowest BCUT2D eigenvalue weighted by molar-refractivity contribution is -0.123. The molecule has 0 fully saturated rings. The monoisotopic (exact) mass is 589 g/mol. The quantitative estimate of drug-likeness (QED) is 0.205. The van der Waals surface area contributed by atoms with Crippen molar-refractivity contribution < 1.29 is 14.3 Å². The van der Waals surface area contributed by atoms with Crippen LogP contribution in [0, 0.1) is 5.92 Å². The van der Waals surface area contributed by atoms with Crippen LogP contribution in [0.25, 0.3) is 0 Å². The lowest BCUT2D eigenvalue weighted by Gasteiger charge is -2.19. The van der Waals surface area contributed by atoms with Crippen molar-refractivity contribution in [3.05, 3.63) is 97.9 Å². The van der Waals surface area contributed by atoms with Gasteiger partial charge < -0.3 is 10.1 Å². The smallest absolute Gasteiger partial charge is 0.262 e. The second kappa shape index (κ2) is 13.4. The first kappa shape index (κ1) is 27.7. The molecule has 6 nitrogen and oxygen atoms in total. The second-order valence-corrected chi connectivity index (χ2v) is 10.2. The van der Waals surface area contributed by atoms with Gasteiger partial charge in [0.15, 0.2) is 0 Å². The van der Waals surface area contributed by atoms with Crippen molar-refractivity contribution in [2.45, 2.75) is 32.9 Å². The maximum Gasteiger partial charge on any atom is 0.262 e. The van der Waals surface area contributed by atoms with Crippen molar-refractivity contribution in [2.75, 3.05) is 0 Å². The van der Waals surface area contributed by atoms with E-state index in [4.69, 9.17) is 27.9 Å². The molecule has 0 radical (unpaired) electrons. The van der Waals surface area contributed by atoms with Crippen molar-refractivity contribution in [3.8, 4) is 5.75 Å². The Bertz CT molecular complexity index is 1230. The maximum absolute atomic E-state index is 12.8. The first-order chi connectivity index (χ1) is 17.2. The molecule has 0 spiro atoms. The molecule has 2 N–H and O–H groups in total. The zero-order valence-electron chi connectivity index (χ0n) is 19.8. The third-order valence-electron chi connectivity index (χ3n) is 5.12. The van der Waals surface area contributed by atoms with E-state index < -0.39 is 11.9 Å². The summed E-state index contributed by atoms with van der Waals surface area (Å²) in [5.41, 5.74) is 4.58. The van der Waals surface area contributed by atoms with Crippen LogP contribution in [0.4, 0.5) is 0 Å². The number of halogens is 3. The van der Waals surface area contributed by atoms with Crippen LogP contribution < -0.4 is 15.5 Å². The van der Waals surface area contributed by atoms with Crippen LogP contribution in [0.1, 0.15) is 41.8 Å². The number of carbonyl (C=O) groups is 2. The molecule has 0 bridgehead atoms. The Morgan fingerprint density at radius 1 is 1.06 bits per heavy atom. The topological polar surface area (TPSA) is 79.8 Å². The molecule has 188 valence electrons. The summed E-state index contributed by atoms with van der Waals surface area (Å²) < 4.78 is 6.59. The molecule has 0 aliphatic carbocycles. The Balaban J connectivity index is 1.59. The van der Waals surface area contributed by atoms with Gasteiger partial charge in [0.1, 0.15) is 18.4 Å². The predicted molar refractivity (Wildman–Crippen MR) is 148 cm³/mol. The summed E-state index contributed by atoms with van der Waals surface area (Å²) in [6, 6.07) is 18.7. The summed E-state index contributed by atoms with van der Waals surface area (Å²) in [4.78, 5) is 25.3. The van der Waals surface area contributed by atoms with Crippen molar-refractivity contribution in [2.24, 2.45) is 11.0 Å². The van der Waals surface area contributed by atoms with E-state index in [1.807, 2.05) is 50.2 Å². The molecular formula is C27H26BrCl2N3O3. The lowest BCUT2D eigenvalue weighted by atomic mass is 10.0. The van der Waals surface area contributed by atoms with Gasteiger partial charge >= 0.3 is 0 Å². The van der Waals surface area contributed by atoms with Crippen LogP contribution in [-0.2, 0) is 11.4 Å². The number of hydrazone groups is 1. The predicted octanol–water partition coefficient (Wildman–Crippen LogP) is 6.63. The summed E-state index contributed by atoms with van der Waals surface area (Å²) in [6.07, 6.45) is 1.98. The highest BCUT2D eigenvalue weighted by atomic mass is 79.9. The van der Waals surface area contributed by atoms with Gasteiger partial charge in [-0.25, -0.2) is 5.43 Å². The number of ether oxygens (including phenoxy) is 1. The third kappa shape index (κ3) is 8.36.